The highest BCUT2D eigenvalue weighted by Gasteiger charge is 2.28. The number of aromatic nitrogens is 1. The Bertz CT molecular complexity index is 1080. The Hall–Kier alpha value is -2.28. The highest BCUT2D eigenvalue weighted by atomic mass is 35.5. The first-order chi connectivity index (χ1) is 12.4. The maximum atomic E-state index is 12.1. The number of H-pyrrole nitrogens is 1. The topological polar surface area (TPSA) is 56.6 Å². The molecule has 1 aromatic heterocycles. The van der Waals surface area contributed by atoms with Gasteiger partial charge in [0, 0.05) is 21.1 Å². The van der Waals surface area contributed by atoms with E-state index in [0.717, 1.165) is 27.6 Å². The van der Waals surface area contributed by atoms with Crippen LogP contribution in [0, 0.1) is 11.3 Å². The summed E-state index contributed by atoms with van der Waals surface area (Å²) in [6.07, 6.45) is 1.10. The molecule has 132 valence electrons. The largest absolute Gasteiger partial charge is 0.322 e. The van der Waals surface area contributed by atoms with Crippen LogP contribution in [0.5, 0.6) is 0 Å². The minimum atomic E-state index is -0.803. The van der Waals surface area contributed by atoms with Crippen molar-refractivity contribution in [3.8, 4) is 6.07 Å². The number of hydrogen-bond donors (Lipinski definition) is 1. The third kappa shape index (κ3) is 3.49. The Balaban J connectivity index is 2.08. The number of aromatic amines is 1. The molecule has 0 aliphatic heterocycles. The summed E-state index contributed by atoms with van der Waals surface area (Å²) in [5, 5.41) is 12.0. The van der Waals surface area contributed by atoms with E-state index in [2.05, 4.69) is 11.1 Å². The lowest BCUT2D eigenvalue weighted by atomic mass is 9.78. The molecule has 2 aromatic carbocycles. The quantitative estimate of drug-likeness (QED) is 0.652. The summed E-state index contributed by atoms with van der Waals surface area (Å²) < 4.78 is 0. The van der Waals surface area contributed by atoms with Crippen molar-refractivity contribution in [1.29, 1.82) is 5.26 Å². The Morgan fingerprint density at radius 2 is 1.88 bits per heavy atom. The van der Waals surface area contributed by atoms with E-state index in [0.29, 0.717) is 22.9 Å². The maximum absolute atomic E-state index is 12.1. The first kappa shape index (κ1) is 18.5. The van der Waals surface area contributed by atoms with Crippen molar-refractivity contribution in [3.63, 3.8) is 0 Å². The molecule has 3 rings (SSSR count). The monoisotopic (exact) mass is 384 g/mol. The Morgan fingerprint density at radius 3 is 2.58 bits per heavy atom. The Labute approximate surface area is 162 Å². The van der Waals surface area contributed by atoms with Gasteiger partial charge >= 0.3 is 0 Å². The van der Waals surface area contributed by atoms with Crippen LogP contribution < -0.4 is 5.56 Å². The fourth-order valence-corrected chi connectivity index (χ4v) is 3.50. The van der Waals surface area contributed by atoms with E-state index in [1.165, 1.54) is 0 Å². The molecule has 1 N–H and O–H groups in total. The lowest BCUT2D eigenvalue weighted by molar-refractivity contribution is 0.607. The fourth-order valence-electron chi connectivity index (χ4n) is 3.12. The molecule has 0 spiro atoms. The Morgan fingerprint density at radius 1 is 1.12 bits per heavy atom. The van der Waals surface area contributed by atoms with Gasteiger partial charge in [-0.3, -0.25) is 4.79 Å². The molecule has 1 unspecified atom stereocenters. The van der Waals surface area contributed by atoms with Crippen molar-refractivity contribution >= 4 is 34.1 Å². The lowest BCUT2D eigenvalue weighted by Gasteiger charge is -2.23. The predicted molar refractivity (Wildman–Crippen MR) is 107 cm³/mol. The van der Waals surface area contributed by atoms with Gasteiger partial charge < -0.3 is 4.98 Å². The van der Waals surface area contributed by atoms with Crippen LogP contribution in [-0.4, -0.2) is 4.98 Å². The van der Waals surface area contributed by atoms with Gasteiger partial charge in [-0.2, -0.15) is 5.26 Å². The molecule has 26 heavy (non-hydrogen) atoms. The summed E-state index contributed by atoms with van der Waals surface area (Å²) in [5.74, 6) is 0. The van der Waals surface area contributed by atoms with Crippen LogP contribution in [0.1, 0.15) is 30.5 Å². The van der Waals surface area contributed by atoms with Crippen LogP contribution in [0.4, 0.5) is 0 Å². The molecule has 0 radical (unpaired) electrons. The second-order valence-corrected chi connectivity index (χ2v) is 7.48. The molecule has 1 atom stereocenters. The van der Waals surface area contributed by atoms with Gasteiger partial charge in [0.1, 0.15) is 0 Å². The third-order valence-corrected chi connectivity index (χ3v) is 5.34. The minimum absolute atomic E-state index is 0.0892. The summed E-state index contributed by atoms with van der Waals surface area (Å²) >= 11 is 12.4. The maximum Gasteiger partial charge on any atom is 0.251 e. The van der Waals surface area contributed by atoms with E-state index < -0.39 is 5.41 Å². The molecule has 0 amide bonds. The summed E-state index contributed by atoms with van der Waals surface area (Å²) in [7, 11) is 0. The van der Waals surface area contributed by atoms with Crippen LogP contribution >= 0.6 is 23.2 Å². The molecule has 3 aromatic rings. The second kappa shape index (κ2) is 7.15. The van der Waals surface area contributed by atoms with Gasteiger partial charge in [0.05, 0.1) is 11.5 Å². The first-order valence-electron chi connectivity index (χ1n) is 8.38. The number of fused-ring (bicyclic) bond motifs is 1. The van der Waals surface area contributed by atoms with Crippen molar-refractivity contribution < 1.29 is 0 Å². The molecule has 0 fully saturated rings. The van der Waals surface area contributed by atoms with Crippen molar-refractivity contribution in [2.24, 2.45) is 0 Å². The van der Waals surface area contributed by atoms with E-state index >= 15 is 0 Å². The van der Waals surface area contributed by atoms with Crippen LogP contribution in [0.2, 0.25) is 10.0 Å². The van der Waals surface area contributed by atoms with Crippen LogP contribution in [0.25, 0.3) is 10.9 Å². The van der Waals surface area contributed by atoms with Gasteiger partial charge in [-0.1, -0.05) is 42.3 Å². The van der Waals surface area contributed by atoms with Crippen molar-refractivity contribution in [2.75, 3.05) is 0 Å². The fraction of sp³-hybridized carbons (Fsp3) is 0.238. The normalized spacial score (nSPS) is 13.3. The average Bonchev–Trinajstić information content (AvgIpc) is 2.63. The van der Waals surface area contributed by atoms with Crippen molar-refractivity contribution in [1.82, 2.24) is 4.98 Å². The van der Waals surface area contributed by atoms with E-state index in [-0.39, 0.29) is 5.56 Å². The minimum Gasteiger partial charge on any atom is -0.322 e. The molecule has 0 bridgehead atoms. The number of halogens is 2. The zero-order valence-corrected chi connectivity index (χ0v) is 16.1. The van der Waals surface area contributed by atoms with Gasteiger partial charge in [0.25, 0.3) is 5.56 Å². The zero-order chi connectivity index (χ0) is 18.9. The number of pyridine rings is 1. The smallest absolute Gasteiger partial charge is 0.251 e. The number of hydrogen-bond acceptors (Lipinski definition) is 2. The summed E-state index contributed by atoms with van der Waals surface area (Å²) in [6, 6.07) is 15.3. The SMILES string of the molecule is CCc1cc2ccc(C(C)(C#N)Cc3cc(Cl)ccc3Cl)cc2[nH]c1=O. The zero-order valence-electron chi connectivity index (χ0n) is 14.6. The highest BCUT2D eigenvalue weighted by Crippen LogP contribution is 2.33. The highest BCUT2D eigenvalue weighted by molar-refractivity contribution is 6.33. The van der Waals surface area contributed by atoms with Crippen molar-refractivity contribution in [2.45, 2.75) is 32.1 Å². The van der Waals surface area contributed by atoms with Gasteiger partial charge in [0.15, 0.2) is 0 Å². The standard InChI is InChI=1S/C21H18Cl2N2O/c1-3-13-8-14-4-5-16(10-19(14)25-20(13)26)21(2,12-24)11-15-9-17(22)6-7-18(15)23/h4-10H,3,11H2,1-2H3,(H,25,26). The summed E-state index contributed by atoms with van der Waals surface area (Å²) in [4.78, 5) is 15.0. The van der Waals surface area contributed by atoms with E-state index in [1.54, 1.807) is 18.2 Å². The first-order valence-corrected chi connectivity index (χ1v) is 9.13. The molecule has 0 aliphatic rings. The van der Waals surface area contributed by atoms with E-state index in [1.807, 2.05) is 38.1 Å². The molecule has 3 nitrogen and oxygen atoms in total. The second-order valence-electron chi connectivity index (χ2n) is 6.64. The van der Waals surface area contributed by atoms with E-state index in [9.17, 15) is 10.1 Å². The van der Waals surface area contributed by atoms with Gasteiger partial charge in [-0.05, 0) is 66.6 Å². The van der Waals surface area contributed by atoms with Crippen molar-refractivity contribution in [3.05, 3.63) is 79.6 Å². The molecule has 0 aliphatic carbocycles. The molecular formula is C21H18Cl2N2O. The summed E-state index contributed by atoms with van der Waals surface area (Å²) in [6.45, 7) is 3.82. The predicted octanol–water partition coefficient (Wildman–Crippen LogP) is 5.42. The number of nitriles is 1. The lowest BCUT2D eigenvalue weighted by Crippen LogP contribution is -2.23. The number of aryl methyl sites for hydroxylation is 1. The number of rotatable bonds is 4. The average molecular weight is 385 g/mol. The third-order valence-electron chi connectivity index (χ3n) is 4.74. The van der Waals surface area contributed by atoms with E-state index in [4.69, 9.17) is 23.2 Å². The number of nitrogens with one attached hydrogen (secondary N) is 1. The number of nitrogens with zero attached hydrogens (tertiary/aromatic N) is 1. The molecule has 1 heterocycles. The molecule has 0 saturated carbocycles. The van der Waals surface area contributed by atoms with Crippen LogP contribution in [0.15, 0.2) is 47.3 Å². The molecule has 5 heteroatoms. The van der Waals surface area contributed by atoms with Gasteiger partial charge in [0.2, 0.25) is 0 Å². The van der Waals surface area contributed by atoms with Gasteiger partial charge in [-0.25, -0.2) is 0 Å². The van der Waals surface area contributed by atoms with Crippen LogP contribution in [0.3, 0.4) is 0 Å². The Kier molecular flexibility index (Phi) is 5.09. The molecular weight excluding hydrogens is 367 g/mol. The van der Waals surface area contributed by atoms with Gasteiger partial charge in [-0.15, -0.1) is 0 Å². The summed E-state index contributed by atoms with van der Waals surface area (Å²) in [5.41, 5.74) is 2.22. The number of benzene rings is 2. The van der Waals surface area contributed by atoms with Crippen LogP contribution in [-0.2, 0) is 18.3 Å². The molecule has 0 saturated heterocycles.